The lowest BCUT2D eigenvalue weighted by Crippen LogP contribution is -2.95. The number of allylic oxidation sites excluding steroid dienone is 1. The van der Waals surface area contributed by atoms with Crippen LogP contribution in [0.4, 0.5) is 17.1 Å². The number of ether oxygens (including phenoxy) is 1. The number of aromatic amines is 1. The van der Waals surface area contributed by atoms with E-state index in [1.165, 1.54) is 27.4 Å². The summed E-state index contributed by atoms with van der Waals surface area (Å²) >= 11 is 0. The van der Waals surface area contributed by atoms with E-state index in [9.17, 15) is 0 Å². The standard InChI is InChI=1S/C43H32N4O/c1-3-39(48-40-24-13-10-15-29(40)2)32-25-26-38-36(28-32)35-22-11-12-23-37(35)47(38)34-21-14-20-33(27-34)43-45-41(30-16-6-4-7-17-30)44-42(46-43)31-18-8-5-9-19-31/h3-28H,1-2H3/p+2. The minimum absolute atomic E-state index is 0.679. The van der Waals surface area contributed by atoms with Crippen LogP contribution >= 0.6 is 0 Å². The first-order valence-corrected chi connectivity index (χ1v) is 16.2. The first kappa shape index (κ1) is 29.2. The molecule has 1 unspecified atom stereocenters. The number of hydrogen-bond donors (Lipinski definition) is 1. The molecule has 8 rings (SSSR count). The summed E-state index contributed by atoms with van der Waals surface area (Å²) in [5.74, 6) is 3.91. The smallest absolute Gasteiger partial charge is 0.308 e. The van der Waals surface area contributed by atoms with Gasteiger partial charge in [0.15, 0.2) is 0 Å². The number of hydrogen-bond acceptors (Lipinski definition) is 3. The van der Waals surface area contributed by atoms with Gasteiger partial charge in [-0.3, -0.25) is 0 Å². The fourth-order valence-corrected chi connectivity index (χ4v) is 6.42. The zero-order valence-corrected chi connectivity index (χ0v) is 26.8. The van der Waals surface area contributed by atoms with E-state index in [1.54, 1.807) is 0 Å². The quantitative estimate of drug-likeness (QED) is 0.180. The predicted molar refractivity (Wildman–Crippen MR) is 192 cm³/mol. The number of quaternary nitrogens is 1. The summed E-state index contributed by atoms with van der Waals surface area (Å²) in [6, 6.07) is 52.4. The first-order chi connectivity index (χ1) is 23.7. The van der Waals surface area contributed by atoms with Gasteiger partial charge in [0.05, 0.1) is 22.3 Å². The summed E-state index contributed by atoms with van der Waals surface area (Å²) in [5, 5.41) is 0. The van der Waals surface area contributed by atoms with Crippen molar-refractivity contribution in [2.24, 2.45) is 0 Å². The third kappa shape index (κ3) is 5.46. The van der Waals surface area contributed by atoms with Crippen LogP contribution in [0, 0.1) is 6.92 Å². The molecular weight excluding hydrogens is 589 g/mol. The van der Waals surface area contributed by atoms with Gasteiger partial charge in [-0.05, 0) is 86.2 Å². The van der Waals surface area contributed by atoms with E-state index in [-0.39, 0.29) is 0 Å². The number of rotatable bonds is 7. The monoisotopic (exact) mass is 622 g/mol. The lowest BCUT2D eigenvalue weighted by atomic mass is 10.0. The van der Waals surface area contributed by atoms with Gasteiger partial charge in [0.2, 0.25) is 0 Å². The van der Waals surface area contributed by atoms with E-state index in [4.69, 9.17) is 14.7 Å². The van der Waals surface area contributed by atoms with Crippen molar-refractivity contribution >= 4 is 22.8 Å². The molecule has 0 spiro atoms. The fraction of sp³-hybridized carbons (Fsp3) is 0.0465. The molecule has 0 saturated heterocycles. The highest BCUT2D eigenvalue weighted by Gasteiger charge is 2.34. The third-order valence-corrected chi connectivity index (χ3v) is 8.81. The van der Waals surface area contributed by atoms with Gasteiger partial charge in [-0.25, -0.2) is 9.88 Å². The van der Waals surface area contributed by atoms with E-state index in [0.717, 1.165) is 56.7 Å². The Labute approximate surface area is 280 Å². The summed E-state index contributed by atoms with van der Waals surface area (Å²) < 4.78 is 6.43. The van der Waals surface area contributed by atoms with Gasteiger partial charge >= 0.3 is 5.82 Å². The van der Waals surface area contributed by atoms with E-state index < -0.39 is 0 Å². The van der Waals surface area contributed by atoms with Crippen LogP contribution in [0.1, 0.15) is 18.1 Å². The van der Waals surface area contributed by atoms with Crippen molar-refractivity contribution in [1.82, 2.24) is 9.97 Å². The SMILES string of the molecule is CC=C(Oc1ccccc1C)c1ccc2c(c1)-c1ccccc1[NH+]2c1cccc(-c2nc(-c3ccccc3)nc(-c3ccccc3)[nH+]2)c1. The summed E-state index contributed by atoms with van der Waals surface area (Å²) in [7, 11) is 0. The zero-order valence-electron chi connectivity index (χ0n) is 26.8. The Morgan fingerprint density at radius 2 is 1.25 bits per heavy atom. The molecule has 0 radical (unpaired) electrons. The van der Waals surface area contributed by atoms with Gasteiger partial charge < -0.3 is 4.74 Å². The maximum atomic E-state index is 6.43. The third-order valence-electron chi connectivity index (χ3n) is 8.81. The molecule has 230 valence electrons. The molecule has 0 saturated carbocycles. The lowest BCUT2D eigenvalue weighted by molar-refractivity contribution is -0.677. The van der Waals surface area contributed by atoms with Crippen LogP contribution in [-0.4, -0.2) is 9.97 Å². The predicted octanol–water partition coefficient (Wildman–Crippen LogP) is 9.20. The Hall–Kier alpha value is -6.17. The normalized spacial score (nSPS) is 13.5. The molecule has 6 aromatic carbocycles. The van der Waals surface area contributed by atoms with Crippen molar-refractivity contribution in [3.05, 3.63) is 169 Å². The van der Waals surface area contributed by atoms with E-state index in [1.807, 2.05) is 79.7 Å². The highest BCUT2D eigenvalue weighted by Crippen LogP contribution is 2.41. The van der Waals surface area contributed by atoms with Gasteiger partial charge in [0, 0.05) is 29.3 Å². The number of nitrogens with zero attached hydrogens (tertiary/aromatic N) is 2. The van der Waals surface area contributed by atoms with Crippen LogP contribution in [0.2, 0.25) is 0 Å². The molecule has 0 amide bonds. The molecule has 0 bridgehead atoms. The van der Waals surface area contributed by atoms with Crippen LogP contribution in [-0.2, 0) is 0 Å². The molecule has 48 heavy (non-hydrogen) atoms. The van der Waals surface area contributed by atoms with Crippen molar-refractivity contribution in [1.29, 1.82) is 0 Å². The van der Waals surface area contributed by atoms with Gasteiger partial charge in [-0.2, -0.15) is 0 Å². The van der Waals surface area contributed by atoms with Gasteiger partial charge in [0.25, 0.3) is 11.6 Å². The van der Waals surface area contributed by atoms with Crippen LogP contribution < -0.4 is 14.6 Å². The van der Waals surface area contributed by atoms with Crippen LogP contribution in [0.5, 0.6) is 5.75 Å². The molecular formula is C43H34N4O+2. The average Bonchev–Trinajstić information content (AvgIpc) is 3.49. The first-order valence-electron chi connectivity index (χ1n) is 16.2. The van der Waals surface area contributed by atoms with Crippen LogP contribution in [0.3, 0.4) is 0 Å². The second-order valence-electron chi connectivity index (χ2n) is 11.9. The number of fused-ring (bicyclic) bond motifs is 3. The van der Waals surface area contributed by atoms with Gasteiger partial charge in [-0.15, -0.1) is 0 Å². The minimum atomic E-state index is 0.679. The number of aromatic nitrogens is 3. The van der Waals surface area contributed by atoms with Crippen LogP contribution in [0.25, 0.3) is 51.0 Å². The number of nitrogens with one attached hydrogen (secondary N) is 2. The largest absolute Gasteiger partial charge is 0.457 e. The lowest BCUT2D eigenvalue weighted by Gasteiger charge is -2.16. The number of aryl methyl sites for hydroxylation is 1. The van der Waals surface area contributed by atoms with Gasteiger partial charge in [0.1, 0.15) is 28.6 Å². The second kappa shape index (κ2) is 12.6. The summed E-state index contributed by atoms with van der Waals surface area (Å²) in [6.07, 6.45) is 2.04. The molecule has 1 atom stereocenters. The zero-order chi connectivity index (χ0) is 32.5. The van der Waals surface area contributed by atoms with Crippen molar-refractivity contribution < 1.29 is 14.6 Å². The molecule has 1 aromatic heterocycles. The Balaban J connectivity index is 1.21. The fourth-order valence-electron chi connectivity index (χ4n) is 6.42. The molecule has 5 heteroatoms. The number of benzene rings is 6. The van der Waals surface area contributed by atoms with E-state index in [2.05, 4.69) is 96.8 Å². The van der Waals surface area contributed by atoms with Crippen molar-refractivity contribution in [2.75, 3.05) is 0 Å². The highest BCUT2D eigenvalue weighted by molar-refractivity contribution is 5.88. The number of para-hydroxylation sites is 2. The Kier molecular flexibility index (Phi) is 7.65. The van der Waals surface area contributed by atoms with Crippen LogP contribution in [0.15, 0.2) is 158 Å². The number of H-pyrrole nitrogens is 1. The summed E-state index contributed by atoms with van der Waals surface area (Å²) in [4.78, 5) is 14.7. The second-order valence-corrected chi connectivity index (χ2v) is 11.9. The summed E-state index contributed by atoms with van der Waals surface area (Å²) in [5.41, 5.74) is 11.1. The Bertz CT molecular complexity index is 2240. The molecule has 1 aliphatic heterocycles. The molecule has 2 heterocycles. The average molecular weight is 623 g/mol. The minimum Gasteiger partial charge on any atom is -0.457 e. The molecule has 0 fully saturated rings. The van der Waals surface area contributed by atoms with Crippen molar-refractivity contribution in [2.45, 2.75) is 13.8 Å². The Morgan fingerprint density at radius 3 is 2.02 bits per heavy atom. The van der Waals surface area contributed by atoms with Crippen molar-refractivity contribution in [3.63, 3.8) is 0 Å². The maximum absolute atomic E-state index is 6.43. The van der Waals surface area contributed by atoms with E-state index in [0.29, 0.717) is 5.82 Å². The van der Waals surface area contributed by atoms with E-state index >= 15 is 0 Å². The molecule has 5 nitrogen and oxygen atoms in total. The Morgan fingerprint density at radius 1 is 0.604 bits per heavy atom. The molecule has 0 aliphatic carbocycles. The molecule has 2 N–H and O–H groups in total. The summed E-state index contributed by atoms with van der Waals surface area (Å²) in [6.45, 7) is 4.09. The maximum Gasteiger partial charge on any atom is 0.308 e. The molecule has 7 aromatic rings. The highest BCUT2D eigenvalue weighted by atomic mass is 16.5. The van der Waals surface area contributed by atoms with Gasteiger partial charge in [-0.1, -0.05) is 82.8 Å². The topological polar surface area (TPSA) is 53.6 Å². The van der Waals surface area contributed by atoms with Crippen molar-refractivity contribution in [3.8, 4) is 51.0 Å². The molecule has 1 aliphatic rings.